The predicted molar refractivity (Wildman–Crippen MR) is 106 cm³/mol. The quantitative estimate of drug-likeness (QED) is 0.686. The molecular formula is C20H18BrN3O3. The van der Waals surface area contributed by atoms with E-state index in [4.69, 9.17) is 9.47 Å². The zero-order chi connectivity index (χ0) is 18.8. The molecule has 2 heterocycles. The standard InChI is InChI=1S/C20H18BrN3O3/c1-26-16-5-3-13-9-14(12-27-19(13)11-16)20(25)23-17-10-15(21)4-6-18(17)24-8-2-7-22-24/h2-8,10-11,14H,9,12H2,1H3,(H,23,25). The maximum absolute atomic E-state index is 12.9. The Kier molecular flexibility index (Phi) is 4.85. The summed E-state index contributed by atoms with van der Waals surface area (Å²) < 4.78 is 13.6. The molecule has 4 rings (SSSR count). The van der Waals surface area contributed by atoms with E-state index in [1.165, 1.54) is 0 Å². The summed E-state index contributed by atoms with van der Waals surface area (Å²) in [5.74, 6) is 1.17. The number of hydrogen-bond donors (Lipinski definition) is 1. The van der Waals surface area contributed by atoms with Crippen LogP contribution < -0.4 is 14.8 Å². The Balaban J connectivity index is 1.54. The summed E-state index contributed by atoms with van der Waals surface area (Å²) in [6, 6.07) is 13.2. The van der Waals surface area contributed by atoms with Gasteiger partial charge < -0.3 is 14.8 Å². The van der Waals surface area contributed by atoms with Crippen molar-refractivity contribution in [2.75, 3.05) is 19.0 Å². The van der Waals surface area contributed by atoms with Gasteiger partial charge in [0.1, 0.15) is 18.1 Å². The maximum atomic E-state index is 12.9. The molecule has 2 aromatic carbocycles. The fourth-order valence-electron chi connectivity index (χ4n) is 3.10. The number of fused-ring (bicyclic) bond motifs is 1. The summed E-state index contributed by atoms with van der Waals surface area (Å²) in [4.78, 5) is 12.9. The van der Waals surface area contributed by atoms with Gasteiger partial charge in [0.25, 0.3) is 0 Å². The number of aromatic nitrogens is 2. The molecule has 138 valence electrons. The minimum absolute atomic E-state index is 0.0806. The lowest BCUT2D eigenvalue weighted by atomic mass is 9.95. The van der Waals surface area contributed by atoms with Gasteiger partial charge in [-0.1, -0.05) is 22.0 Å². The van der Waals surface area contributed by atoms with Crippen LogP contribution in [0.3, 0.4) is 0 Å². The number of benzene rings is 2. The Morgan fingerprint density at radius 3 is 3.00 bits per heavy atom. The van der Waals surface area contributed by atoms with Crippen LogP contribution >= 0.6 is 15.9 Å². The molecule has 7 heteroatoms. The van der Waals surface area contributed by atoms with Crippen LogP contribution in [0.15, 0.2) is 59.3 Å². The maximum Gasteiger partial charge on any atom is 0.231 e. The second-order valence-electron chi connectivity index (χ2n) is 6.29. The van der Waals surface area contributed by atoms with E-state index in [0.29, 0.717) is 18.7 Å². The molecule has 0 bridgehead atoms. The third-order valence-electron chi connectivity index (χ3n) is 4.52. The minimum Gasteiger partial charge on any atom is -0.497 e. The molecule has 0 fully saturated rings. The highest BCUT2D eigenvalue weighted by atomic mass is 79.9. The number of carbonyl (C=O) groups is 1. The highest BCUT2D eigenvalue weighted by Crippen LogP contribution is 2.32. The molecule has 27 heavy (non-hydrogen) atoms. The first kappa shape index (κ1) is 17.6. The second-order valence-corrected chi connectivity index (χ2v) is 7.20. The summed E-state index contributed by atoms with van der Waals surface area (Å²) in [7, 11) is 1.62. The van der Waals surface area contributed by atoms with Gasteiger partial charge in [0.05, 0.1) is 24.4 Å². The lowest BCUT2D eigenvalue weighted by molar-refractivity contribution is -0.121. The SMILES string of the molecule is COc1ccc2c(c1)OCC(C(=O)Nc1cc(Br)ccc1-n1cccn1)C2. The minimum atomic E-state index is -0.268. The van der Waals surface area contributed by atoms with Crippen molar-refractivity contribution in [3.05, 3.63) is 64.9 Å². The third-order valence-corrected chi connectivity index (χ3v) is 5.01. The number of anilines is 1. The first-order chi connectivity index (χ1) is 13.1. The smallest absolute Gasteiger partial charge is 0.231 e. The number of hydrogen-bond acceptors (Lipinski definition) is 4. The van der Waals surface area contributed by atoms with E-state index in [1.54, 1.807) is 18.0 Å². The average Bonchev–Trinajstić information content (AvgIpc) is 3.21. The van der Waals surface area contributed by atoms with Crippen LogP contribution in [0.2, 0.25) is 0 Å². The monoisotopic (exact) mass is 427 g/mol. The van der Waals surface area contributed by atoms with E-state index < -0.39 is 0 Å². The summed E-state index contributed by atoms with van der Waals surface area (Å²) in [6.45, 7) is 0.330. The zero-order valence-electron chi connectivity index (χ0n) is 14.7. The molecule has 0 saturated carbocycles. The van der Waals surface area contributed by atoms with Crippen LogP contribution in [-0.4, -0.2) is 29.4 Å². The molecular weight excluding hydrogens is 410 g/mol. The van der Waals surface area contributed by atoms with Gasteiger partial charge in [0, 0.05) is 22.9 Å². The number of halogens is 1. The van der Waals surface area contributed by atoms with Gasteiger partial charge in [-0.15, -0.1) is 0 Å². The van der Waals surface area contributed by atoms with Gasteiger partial charge in [-0.05, 0) is 42.3 Å². The number of rotatable bonds is 4. The molecule has 3 aromatic rings. The average molecular weight is 428 g/mol. The predicted octanol–water partition coefficient (Wildman–Crippen LogP) is 3.83. The number of nitrogens with zero attached hydrogens (tertiary/aromatic N) is 2. The van der Waals surface area contributed by atoms with Crippen LogP contribution in [0.5, 0.6) is 11.5 Å². The van der Waals surface area contributed by atoms with E-state index in [-0.39, 0.29) is 11.8 Å². The van der Waals surface area contributed by atoms with Gasteiger partial charge >= 0.3 is 0 Å². The van der Waals surface area contributed by atoms with Crippen LogP contribution in [0.4, 0.5) is 5.69 Å². The van der Waals surface area contributed by atoms with Gasteiger partial charge in [-0.2, -0.15) is 5.10 Å². The molecule has 1 unspecified atom stereocenters. The van der Waals surface area contributed by atoms with E-state index in [2.05, 4.69) is 26.3 Å². The van der Waals surface area contributed by atoms with Gasteiger partial charge in [-0.25, -0.2) is 4.68 Å². The molecule has 1 N–H and O–H groups in total. The Bertz CT molecular complexity index is 973. The zero-order valence-corrected chi connectivity index (χ0v) is 16.3. The molecule has 6 nitrogen and oxygen atoms in total. The summed E-state index contributed by atoms with van der Waals surface area (Å²) >= 11 is 3.46. The summed E-state index contributed by atoms with van der Waals surface area (Å²) in [6.07, 6.45) is 4.16. The van der Waals surface area contributed by atoms with Crippen molar-refractivity contribution in [3.8, 4) is 17.2 Å². The molecule has 1 aromatic heterocycles. The molecule has 0 radical (unpaired) electrons. The van der Waals surface area contributed by atoms with Crippen molar-refractivity contribution in [3.63, 3.8) is 0 Å². The van der Waals surface area contributed by atoms with Crippen molar-refractivity contribution in [2.45, 2.75) is 6.42 Å². The van der Waals surface area contributed by atoms with Crippen molar-refractivity contribution in [1.82, 2.24) is 9.78 Å². The van der Waals surface area contributed by atoms with Crippen molar-refractivity contribution in [1.29, 1.82) is 0 Å². The number of nitrogens with one attached hydrogen (secondary N) is 1. The lowest BCUT2D eigenvalue weighted by Crippen LogP contribution is -2.32. The molecule has 0 saturated heterocycles. The fourth-order valence-corrected chi connectivity index (χ4v) is 3.46. The van der Waals surface area contributed by atoms with E-state index in [1.807, 2.05) is 48.7 Å². The summed E-state index contributed by atoms with van der Waals surface area (Å²) in [5.41, 5.74) is 2.50. The highest BCUT2D eigenvalue weighted by Gasteiger charge is 2.27. The second kappa shape index (κ2) is 7.44. The van der Waals surface area contributed by atoms with Crippen molar-refractivity contribution >= 4 is 27.5 Å². The third kappa shape index (κ3) is 3.68. The normalized spacial score (nSPS) is 15.6. The fraction of sp³-hybridized carbons (Fsp3) is 0.200. The van der Waals surface area contributed by atoms with Crippen LogP contribution in [0.1, 0.15) is 5.56 Å². The van der Waals surface area contributed by atoms with E-state index in [9.17, 15) is 4.79 Å². The Morgan fingerprint density at radius 1 is 1.33 bits per heavy atom. The van der Waals surface area contributed by atoms with E-state index >= 15 is 0 Å². The number of amides is 1. The first-order valence-corrected chi connectivity index (χ1v) is 9.33. The Hall–Kier alpha value is -2.80. The topological polar surface area (TPSA) is 65.4 Å². The Labute approximate surface area is 165 Å². The summed E-state index contributed by atoms with van der Waals surface area (Å²) in [5, 5.41) is 7.28. The molecule has 1 aliphatic rings. The molecule has 1 amide bonds. The lowest BCUT2D eigenvalue weighted by Gasteiger charge is -2.25. The number of ether oxygens (including phenoxy) is 2. The van der Waals surface area contributed by atoms with Crippen LogP contribution in [-0.2, 0) is 11.2 Å². The first-order valence-electron chi connectivity index (χ1n) is 8.54. The van der Waals surface area contributed by atoms with Gasteiger partial charge in [0.15, 0.2) is 0 Å². The van der Waals surface area contributed by atoms with Gasteiger partial charge in [-0.3, -0.25) is 4.79 Å². The van der Waals surface area contributed by atoms with Crippen molar-refractivity contribution < 1.29 is 14.3 Å². The number of carbonyl (C=O) groups excluding carboxylic acids is 1. The highest BCUT2D eigenvalue weighted by molar-refractivity contribution is 9.10. The largest absolute Gasteiger partial charge is 0.497 e. The molecule has 1 atom stereocenters. The molecule has 0 spiro atoms. The van der Waals surface area contributed by atoms with Crippen molar-refractivity contribution in [2.24, 2.45) is 5.92 Å². The Morgan fingerprint density at radius 2 is 2.22 bits per heavy atom. The van der Waals surface area contributed by atoms with E-state index in [0.717, 1.165) is 27.2 Å². The molecule has 0 aliphatic carbocycles. The van der Waals surface area contributed by atoms with Crippen LogP contribution in [0.25, 0.3) is 5.69 Å². The number of methoxy groups -OCH3 is 1. The van der Waals surface area contributed by atoms with Gasteiger partial charge in [0.2, 0.25) is 5.91 Å². The van der Waals surface area contributed by atoms with Crippen LogP contribution in [0, 0.1) is 5.92 Å². The molecule has 1 aliphatic heterocycles.